The summed E-state index contributed by atoms with van der Waals surface area (Å²) in [7, 11) is 2.18. The number of piperazine rings is 1. The van der Waals surface area contributed by atoms with Crippen LogP contribution in [0.15, 0.2) is 0 Å². The van der Waals surface area contributed by atoms with Crippen LogP contribution in [0.4, 0.5) is 0 Å². The largest absolute Gasteiger partial charge is 0.376 e. The lowest BCUT2D eigenvalue weighted by atomic mass is 10.0. The predicted octanol–water partition coefficient (Wildman–Crippen LogP) is 0.797. The van der Waals surface area contributed by atoms with Gasteiger partial charge in [-0.15, -0.1) is 5.10 Å². The van der Waals surface area contributed by atoms with E-state index in [2.05, 4.69) is 46.2 Å². The van der Waals surface area contributed by atoms with Crippen LogP contribution in [-0.2, 0) is 11.3 Å². The highest BCUT2D eigenvalue weighted by atomic mass is 16.5. The summed E-state index contributed by atoms with van der Waals surface area (Å²) in [5.41, 5.74) is 0. The van der Waals surface area contributed by atoms with Crippen LogP contribution >= 0.6 is 0 Å². The first-order valence-electron chi connectivity index (χ1n) is 8.45. The van der Waals surface area contributed by atoms with Gasteiger partial charge in [0.1, 0.15) is 0 Å². The van der Waals surface area contributed by atoms with Crippen molar-refractivity contribution in [3.63, 3.8) is 0 Å². The summed E-state index contributed by atoms with van der Waals surface area (Å²) in [6.07, 6.45) is 2.52. The number of nitrogens with zero attached hydrogens (tertiary/aromatic N) is 6. The van der Waals surface area contributed by atoms with Crippen LogP contribution < -0.4 is 0 Å². The SMILES string of the molecule is CC(C)[C@H](c1nnnn1C[C@H]1CCCO1)N1CCN(C)CC1. The van der Waals surface area contributed by atoms with Gasteiger partial charge in [-0.25, -0.2) is 4.68 Å². The second kappa shape index (κ2) is 7.02. The van der Waals surface area contributed by atoms with Crippen LogP contribution in [0.5, 0.6) is 0 Å². The fourth-order valence-corrected chi connectivity index (χ4v) is 3.52. The zero-order valence-electron chi connectivity index (χ0n) is 14.0. The van der Waals surface area contributed by atoms with Crippen LogP contribution in [0.2, 0.25) is 0 Å². The molecule has 2 aliphatic heterocycles. The molecule has 7 heteroatoms. The quantitative estimate of drug-likeness (QED) is 0.802. The Morgan fingerprint density at radius 1 is 1.23 bits per heavy atom. The molecule has 0 saturated carbocycles. The van der Waals surface area contributed by atoms with Gasteiger partial charge in [0.25, 0.3) is 0 Å². The minimum atomic E-state index is 0.266. The summed E-state index contributed by atoms with van der Waals surface area (Å²) < 4.78 is 7.72. The molecule has 0 aromatic carbocycles. The van der Waals surface area contributed by atoms with E-state index in [0.717, 1.165) is 58.0 Å². The van der Waals surface area contributed by atoms with Gasteiger partial charge in [0.2, 0.25) is 0 Å². The first kappa shape index (κ1) is 15.8. The monoisotopic (exact) mass is 308 g/mol. The maximum Gasteiger partial charge on any atom is 0.168 e. The smallest absolute Gasteiger partial charge is 0.168 e. The Hall–Kier alpha value is -1.05. The van der Waals surface area contributed by atoms with Crippen LogP contribution in [-0.4, -0.2) is 75.9 Å². The Kier molecular flexibility index (Phi) is 5.05. The zero-order chi connectivity index (χ0) is 15.5. The van der Waals surface area contributed by atoms with Crippen molar-refractivity contribution in [1.29, 1.82) is 0 Å². The molecule has 0 N–H and O–H groups in total. The van der Waals surface area contributed by atoms with E-state index < -0.39 is 0 Å². The average molecular weight is 308 g/mol. The van der Waals surface area contributed by atoms with Crippen molar-refractivity contribution in [2.75, 3.05) is 39.8 Å². The number of tetrazole rings is 1. The van der Waals surface area contributed by atoms with Crippen molar-refractivity contribution in [1.82, 2.24) is 30.0 Å². The van der Waals surface area contributed by atoms with Crippen LogP contribution in [0.1, 0.15) is 38.6 Å². The third-order valence-corrected chi connectivity index (χ3v) is 4.79. The van der Waals surface area contributed by atoms with E-state index in [4.69, 9.17) is 4.74 Å². The normalized spacial score (nSPS) is 25.9. The van der Waals surface area contributed by atoms with Crippen molar-refractivity contribution in [3.05, 3.63) is 5.82 Å². The molecule has 0 spiro atoms. The van der Waals surface area contributed by atoms with Crippen LogP contribution in [0.3, 0.4) is 0 Å². The van der Waals surface area contributed by atoms with E-state index in [-0.39, 0.29) is 12.1 Å². The van der Waals surface area contributed by atoms with Gasteiger partial charge in [-0.1, -0.05) is 13.8 Å². The summed E-state index contributed by atoms with van der Waals surface area (Å²) in [5.74, 6) is 1.48. The number of rotatable bonds is 5. The van der Waals surface area contributed by atoms with Crippen molar-refractivity contribution in [3.8, 4) is 0 Å². The molecule has 7 nitrogen and oxygen atoms in total. The molecule has 2 atom stereocenters. The number of ether oxygens (including phenoxy) is 1. The fourth-order valence-electron chi connectivity index (χ4n) is 3.52. The number of hydrogen-bond donors (Lipinski definition) is 0. The van der Waals surface area contributed by atoms with Crippen LogP contribution in [0, 0.1) is 5.92 Å². The molecule has 22 heavy (non-hydrogen) atoms. The van der Waals surface area contributed by atoms with E-state index in [1.54, 1.807) is 0 Å². The summed E-state index contributed by atoms with van der Waals surface area (Å²) >= 11 is 0. The standard InChI is InChI=1S/C15H28N6O/c1-12(2)14(20-8-6-19(3)7-9-20)15-16-17-18-21(15)11-13-5-4-10-22-13/h12-14H,4-11H2,1-3H3/t13-,14-/m1/s1. The van der Waals surface area contributed by atoms with Crippen molar-refractivity contribution < 1.29 is 4.74 Å². The first-order chi connectivity index (χ1) is 10.6. The molecule has 1 aromatic rings. The zero-order valence-corrected chi connectivity index (χ0v) is 14.0. The molecule has 0 aliphatic carbocycles. The Bertz CT molecular complexity index is 462. The molecule has 0 amide bonds. The highest BCUT2D eigenvalue weighted by Gasteiger charge is 2.31. The molecule has 124 valence electrons. The van der Waals surface area contributed by atoms with Crippen molar-refractivity contribution in [2.24, 2.45) is 5.92 Å². The third kappa shape index (κ3) is 3.47. The molecule has 3 heterocycles. The summed E-state index contributed by atoms with van der Waals surface area (Å²) in [4.78, 5) is 4.91. The van der Waals surface area contributed by atoms with Crippen LogP contribution in [0.25, 0.3) is 0 Å². The van der Waals surface area contributed by atoms with E-state index in [1.807, 2.05) is 4.68 Å². The first-order valence-corrected chi connectivity index (χ1v) is 8.45. The highest BCUT2D eigenvalue weighted by Crippen LogP contribution is 2.28. The molecule has 3 rings (SSSR count). The predicted molar refractivity (Wildman–Crippen MR) is 83.4 cm³/mol. The Balaban J connectivity index is 1.75. The number of aromatic nitrogens is 4. The van der Waals surface area contributed by atoms with Gasteiger partial charge in [0.05, 0.1) is 18.7 Å². The molecular weight excluding hydrogens is 280 g/mol. The topological polar surface area (TPSA) is 59.3 Å². The van der Waals surface area contributed by atoms with E-state index >= 15 is 0 Å². The van der Waals surface area contributed by atoms with Gasteiger partial charge in [0.15, 0.2) is 5.82 Å². The minimum Gasteiger partial charge on any atom is -0.376 e. The molecule has 2 aliphatic rings. The van der Waals surface area contributed by atoms with Gasteiger partial charge >= 0.3 is 0 Å². The highest BCUT2D eigenvalue weighted by molar-refractivity contribution is 4.97. The summed E-state index contributed by atoms with van der Waals surface area (Å²) in [6.45, 7) is 10.5. The van der Waals surface area contributed by atoms with Crippen molar-refractivity contribution >= 4 is 0 Å². The molecule has 1 aromatic heterocycles. The lowest BCUT2D eigenvalue weighted by Crippen LogP contribution is -2.47. The van der Waals surface area contributed by atoms with E-state index in [9.17, 15) is 0 Å². The Labute approximate surface area is 132 Å². The van der Waals surface area contributed by atoms with Gasteiger partial charge < -0.3 is 9.64 Å². The maximum absolute atomic E-state index is 5.74. The molecule has 2 saturated heterocycles. The lowest BCUT2D eigenvalue weighted by Gasteiger charge is -2.39. The summed E-state index contributed by atoms with van der Waals surface area (Å²) in [6, 6.07) is 0.283. The minimum absolute atomic E-state index is 0.266. The molecule has 2 fully saturated rings. The average Bonchev–Trinajstić information content (AvgIpc) is 3.14. The maximum atomic E-state index is 5.74. The second-order valence-electron chi connectivity index (χ2n) is 6.88. The molecule has 0 bridgehead atoms. The number of likely N-dealkylation sites (N-methyl/N-ethyl adjacent to an activating group) is 1. The van der Waals surface area contributed by atoms with Gasteiger partial charge in [-0.05, 0) is 36.2 Å². The number of hydrogen-bond acceptors (Lipinski definition) is 6. The van der Waals surface area contributed by atoms with Gasteiger partial charge in [-0.2, -0.15) is 0 Å². The third-order valence-electron chi connectivity index (χ3n) is 4.79. The lowest BCUT2D eigenvalue weighted by molar-refractivity contribution is 0.0712. The summed E-state index contributed by atoms with van der Waals surface area (Å²) in [5, 5.41) is 12.5. The van der Waals surface area contributed by atoms with E-state index in [0.29, 0.717) is 5.92 Å². The van der Waals surface area contributed by atoms with Gasteiger partial charge in [0, 0.05) is 32.8 Å². The van der Waals surface area contributed by atoms with Crippen molar-refractivity contribution in [2.45, 2.75) is 45.4 Å². The molecule has 0 unspecified atom stereocenters. The van der Waals surface area contributed by atoms with Gasteiger partial charge in [-0.3, -0.25) is 4.90 Å². The molecular formula is C15H28N6O. The molecule has 0 radical (unpaired) electrons. The second-order valence-corrected chi connectivity index (χ2v) is 6.88. The Morgan fingerprint density at radius 2 is 2.00 bits per heavy atom. The van der Waals surface area contributed by atoms with E-state index in [1.165, 1.54) is 0 Å². The fraction of sp³-hybridized carbons (Fsp3) is 0.933. The Morgan fingerprint density at radius 3 is 2.64 bits per heavy atom.